The number of carbonyl (C=O) groups excluding carboxylic acids is 1. The predicted molar refractivity (Wildman–Crippen MR) is 131 cm³/mol. The maximum Gasteiger partial charge on any atom is 0.255 e. The van der Waals surface area contributed by atoms with Crippen molar-refractivity contribution in [2.24, 2.45) is 0 Å². The van der Waals surface area contributed by atoms with Gasteiger partial charge in [-0.2, -0.15) is 10.1 Å². The molecule has 3 aromatic rings. The Bertz CT molecular complexity index is 1250. The maximum atomic E-state index is 13.7. The van der Waals surface area contributed by atoms with E-state index < -0.39 is 6.04 Å². The zero-order chi connectivity index (χ0) is 24.9. The number of rotatable bonds is 9. The highest BCUT2D eigenvalue weighted by Gasteiger charge is 2.36. The molecular weight excluding hydrogens is 450 g/mol. The molecule has 10 heteroatoms. The lowest BCUT2D eigenvalue weighted by Gasteiger charge is -2.30. The maximum absolute atomic E-state index is 13.7. The van der Waals surface area contributed by atoms with Crippen LogP contribution in [0.5, 0.6) is 17.2 Å². The molecule has 0 bridgehead atoms. The number of ether oxygens (including phenoxy) is 3. The Morgan fingerprint density at radius 3 is 2.54 bits per heavy atom. The van der Waals surface area contributed by atoms with Crippen molar-refractivity contribution in [1.82, 2.24) is 14.8 Å². The summed E-state index contributed by atoms with van der Waals surface area (Å²) in [6.07, 6.45) is 1.03. The quantitative estimate of drug-likeness (QED) is 0.428. The minimum atomic E-state index is -0.651. The van der Waals surface area contributed by atoms with E-state index >= 15 is 0 Å². The highest BCUT2D eigenvalue weighted by molar-refractivity contribution is 6.06. The molecule has 0 fully saturated rings. The van der Waals surface area contributed by atoms with Gasteiger partial charge in [0.1, 0.15) is 11.8 Å². The van der Waals surface area contributed by atoms with Gasteiger partial charge in [0.2, 0.25) is 5.95 Å². The number of hydrogen-bond acceptors (Lipinski definition) is 8. The lowest BCUT2D eigenvalue weighted by Crippen LogP contribution is -2.32. The lowest BCUT2D eigenvalue weighted by atomic mass is 9.94. The number of allylic oxidation sites excluding steroid dienone is 1. The summed E-state index contributed by atoms with van der Waals surface area (Å²) in [5, 5.41) is 20.1. The Balaban J connectivity index is 1.84. The molecule has 1 aromatic heterocycles. The van der Waals surface area contributed by atoms with Gasteiger partial charge >= 0.3 is 0 Å². The first-order valence-corrected chi connectivity index (χ1v) is 11.2. The normalized spacial score (nSPS) is 14.7. The van der Waals surface area contributed by atoms with E-state index in [1.165, 1.54) is 0 Å². The van der Waals surface area contributed by atoms with E-state index in [1.807, 2.05) is 31.2 Å². The molecule has 1 atom stereocenters. The van der Waals surface area contributed by atoms with Gasteiger partial charge in [0.15, 0.2) is 17.3 Å². The number of aromatic nitrogens is 3. The third-order valence-corrected chi connectivity index (χ3v) is 5.78. The number of benzene rings is 2. The minimum absolute atomic E-state index is 0.0360. The smallest absolute Gasteiger partial charge is 0.255 e. The number of fused-ring (bicyclic) bond motifs is 1. The first-order valence-electron chi connectivity index (χ1n) is 11.2. The Kier molecular flexibility index (Phi) is 7.21. The molecular formula is C25H29N5O5. The van der Waals surface area contributed by atoms with E-state index in [9.17, 15) is 9.90 Å². The third kappa shape index (κ3) is 4.65. The number of amides is 1. The van der Waals surface area contributed by atoms with Crippen LogP contribution >= 0.6 is 0 Å². The summed E-state index contributed by atoms with van der Waals surface area (Å²) < 4.78 is 18.3. The molecule has 2 aromatic carbocycles. The third-order valence-electron chi connectivity index (χ3n) is 5.78. The zero-order valence-electron chi connectivity index (χ0n) is 20.2. The molecule has 1 aliphatic heterocycles. The monoisotopic (exact) mass is 479 g/mol. The number of hydrogen-bond donors (Lipinski definition) is 3. The SMILES string of the molecule is COc1ccccc1NC(=O)C1=C(C)Nc2nc(CCCO)nn2C1c1cccc(OC)c1OC. The van der Waals surface area contributed by atoms with Crippen molar-refractivity contribution < 1.29 is 24.1 Å². The van der Waals surface area contributed by atoms with E-state index in [-0.39, 0.29) is 12.5 Å². The van der Waals surface area contributed by atoms with Crippen molar-refractivity contribution in [2.75, 3.05) is 38.6 Å². The molecule has 0 saturated carbocycles. The highest BCUT2D eigenvalue weighted by Crippen LogP contribution is 2.43. The second-order valence-electron chi connectivity index (χ2n) is 7.93. The molecule has 4 rings (SSSR count). The summed E-state index contributed by atoms with van der Waals surface area (Å²) in [5.74, 6) is 2.31. The van der Waals surface area contributed by atoms with Crippen LogP contribution in [0.1, 0.15) is 30.8 Å². The van der Waals surface area contributed by atoms with Gasteiger partial charge in [-0.15, -0.1) is 0 Å². The molecule has 3 N–H and O–H groups in total. The van der Waals surface area contributed by atoms with Crippen LogP contribution in [0.3, 0.4) is 0 Å². The molecule has 0 aliphatic carbocycles. The number of anilines is 2. The first kappa shape index (κ1) is 24.1. The number of nitrogens with zero attached hydrogens (tertiary/aromatic N) is 3. The average Bonchev–Trinajstić information content (AvgIpc) is 3.28. The van der Waals surface area contributed by atoms with Crippen LogP contribution < -0.4 is 24.8 Å². The van der Waals surface area contributed by atoms with E-state index in [0.29, 0.717) is 64.4 Å². The molecule has 0 radical (unpaired) electrons. The van der Waals surface area contributed by atoms with Crippen molar-refractivity contribution in [1.29, 1.82) is 0 Å². The average molecular weight is 480 g/mol. The topological polar surface area (TPSA) is 120 Å². The fourth-order valence-electron chi connectivity index (χ4n) is 4.18. The summed E-state index contributed by atoms with van der Waals surface area (Å²) in [7, 11) is 4.67. The van der Waals surface area contributed by atoms with Crippen molar-refractivity contribution in [2.45, 2.75) is 25.8 Å². The Hall–Kier alpha value is -4.05. The van der Waals surface area contributed by atoms with E-state index in [4.69, 9.17) is 14.2 Å². The summed E-state index contributed by atoms with van der Waals surface area (Å²) in [5.41, 5.74) is 2.30. The Labute approximate surface area is 203 Å². The molecule has 184 valence electrons. The largest absolute Gasteiger partial charge is 0.495 e. The molecule has 1 amide bonds. The van der Waals surface area contributed by atoms with Crippen LogP contribution in [-0.2, 0) is 11.2 Å². The van der Waals surface area contributed by atoms with Crippen LogP contribution in [0.4, 0.5) is 11.6 Å². The molecule has 1 unspecified atom stereocenters. The van der Waals surface area contributed by atoms with Crippen molar-refractivity contribution in [3.05, 3.63) is 65.1 Å². The summed E-state index contributed by atoms with van der Waals surface area (Å²) in [4.78, 5) is 18.3. The fraction of sp³-hybridized carbons (Fsp3) is 0.320. The Morgan fingerprint density at radius 2 is 1.83 bits per heavy atom. The predicted octanol–water partition coefficient (Wildman–Crippen LogP) is 3.16. The summed E-state index contributed by atoms with van der Waals surface area (Å²) in [6.45, 7) is 1.86. The number of nitrogens with one attached hydrogen (secondary N) is 2. The standard InChI is InChI=1S/C25H29N5O5/c1-15-21(24(32)27-17-10-5-6-11-18(17)33-2)22(16-9-7-12-19(34-3)23(16)35-4)30-25(26-15)28-20(29-30)13-8-14-31/h5-7,9-12,22,31H,8,13-14H2,1-4H3,(H,27,32)(H,26,28,29). The van der Waals surface area contributed by atoms with Gasteiger partial charge in [-0.1, -0.05) is 24.3 Å². The van der Waals surface area contributed by atoms with Gasteiger partial charge in [0.05, 0.1) is 32.6 Å². The Morgan fingerprint density at radius 1 is 1.09 bits per heavy atom. The zero-order valence-corrected chi connectivity index (χ0v) is 20.2. The van der Waals surface area contributed by atoms with Crippen molar-refractivity contribution in [3.63, 3.8) is 0 Å². The van der Waals surface area contributed by atoms with Gasteiger partial charge in [0, 0.05) is 24.3 Å². The van der Waals surface area contributed by atoms with Crippen molar-refractivity contribution in [3.8, 4) is 17.2 Å². The highest BCUT2D eigenvalue weighted by atomic mass is 16.5. The first-order chi connectivity index (χ1) is 17.0. The number of aryl methyl sites for hydroxylation is 1. The molecule has 35 heavy (non-hydrogen) atoms. The van der Waals surface area contributed by atoms with Crippen molar-refractivity contribution >= 4 is 17.5 Å². The molecule has 1 aliphatic rings. The van der Waals surface area contributed by atoms with E-state index in [1.54, 1.807) is 44.2 Å². The van der Waals surface area contributed by atoms with Gasteiger partial charge in [0.25, 0.3) is 5.91 Å². The van der Waals surface area contributed by atoms with Crippen LogP contribution in [0.2, 0.25) is 0 Å². The van der Waals surface area contributed by atoms with Crippen LogP contribution in [0, 0.1) is 0 Å². The fourth-order valence-corrected chi connectivity index (χ4v) is 4.18. The van der Waals surface area contributed by atoms with Crippen LogP contribution in [0.15, 0.2) is 53.7 Å². The van der Waals surface area contributed by atoms with Crippen LogP contribution in [-0.4, -0.2) is 53.7 Å². The summed E-state index contributed by atoms with van der Waals surface area (Å²) >= 11 is 0. The lowest BCUT2D eigenvalue weighted by molar-refractivity contribution is -0.113. The number of methoxy groups -OCH3 is 3. The summed E-state index contributed by atoms with van der Waals surface area (Å²) in [6, 6.07) is 12.1. The van der Waals surface area contributed by atoms with Crippen LogP contribution in [0.25, 0.3) is 0 Å². The van der Waals surface area contributed by atoms with Gasteiger partial charge in [-0.25, -0.2) is 4.68 Å². The molecule has 10 nitrogen and oxygen atoms in total. The second-order valence-corrected chi connectivity index (χ2v) is 7.93. The second kappa shape index (κ2) is 10.5. The number of aliphatic hydroxyl groups excluding tert-OH is 1. The minimum Gasteiger partial charge on any atom is -0.495 e. The molecule has 0 spiro atoms. The van der Waals surface area contributed by atoms with Gasteiger partial charge in [-0.05, 0) is 31.5 Å². The number of para-hydroxylation sites is 3. The number of aliphatic hydroxyl groups is 1. The van der Waals surface area contributed by atoms with Gasteiger partial charge < -0.3 is 30.0 Å². The van der Waals surface area contributed by atoms with E-state index in [0.717, 1.165) is 0 Å². The molecule has 0 saturated heterocycles. The molecule has 2 heterocycles. The number of carbonyl (C=O) groups is 1. The van der Waals surface area contributed by atoms with E-state index in [2.05, 4.69) is 20.7 Å². The van der Waals surface area contributed by atoms with Gasteiger partial charge in [-0.3, -0.25) is 4.79 Å².